The number of rotatable bonds is 3. The molecule has 0 aromatic carbocycles. The van der Waals surface area contributed by atoms with Crippen LogP contribution < -0.4 is 5.32 Å². The van der Waals surface area contributed by atoms with E-state index in [4.69, 9.17) is 5.10 Å². The average molecular weight is 383 g/mol. The quantitative estimate of drug-likeness (QED) is 0.737. The summed E-state index contributed by atoms with van der Waals surface area (Å²) >= 11 is 1.48. The molecule has 0 bridgehead atoms. The number of carbonyl (C=O) groups is 1. The molecule has 3 aromatic rings. The Balaban J connectivity index is 1.84. The van der Waals surface area contributed by atoms with Crippen molar-refractivity contribution in [1.82, 2.24) is 19.7 Å². The number of pyridine rings is 1. The first-order valence-electron chi connectivity index (χ1n) is 8.98. The van der Waals surface area contributed by atoms with Gasteiger partial charge >= 0.3 is 6.09 Å². The Hall–Kier alpha value is -2.74. The molecule has 140 valence electrons. The van der Waals surface area contributed by atoms with Crippen molar-refractivity contribution in [2.45, 2.75) is 39.7 Å². The van der Waals surface area contributed by atoms with E-state index in [0.29, 0.717) is 5.13 Å². The lowest BCUT2D eigenvalue weighted by Crippen LogP contribution is -2.10. The van der Waals surface area contributed by atoms with E-state index in [9.17, 15) is 4.79 Å². The molecule has 4 rings (SSSR count). The van der Waals surface area contributed by atoms with E-state index in [2.05, 4.69) is 33.0 Å². The maximum atomic E-state index is 11.6. The van der Waals surface area contributed by atoms with Crippen molar-refractivity contribution in [3.8, 4) is 21.8 Å². The molecule has 0 atom stereocenters. The molecule has 27 heavy (non-hydrogen) atoms. The van der Waals surface area contributed by atoms with Crippen molar-refractivity contribution in [2.24, 2.45) is 0 Å². The highest BCUT2D eigenvalue weighted by Crippen LogP contribution is 2.42. The van der Waals surface area contributed by atoms with E-state index in [1.165, 1.54) is 24.0 Å². The summed E-state index contributed by atoms with van der Waals surface area (Å²) in [5.74, 6) is 0. The third-order valence-corrected chi connectivity index (χ3v) is 5.70. The fraction of sp³-hybridized carbons (Fsp3) is 0.368. The molecule has 0 aliphatic heterocycles. The van der Waals surface area contributed by atoms with E-state index < -0.39 is 6.09 Å². The van der Waals surface area contributed by atoms with Crippen molar-refractivity contribution in [3.63, 3.8) is 0 Å². The summed E-state index contributed by atoms with van der Waals surface area (Å²) in [6.07, 6.45) is 4.19. The Labute approximate surface area is 161 Å². The molecule has 8 heteroatoms. The van der Waals surface area contributed by atoms with Crippen LogP contribution in [-0.4, -0.2) is 33.0 Å². The van der Waals surface area contributed by atoms with Crippen LogP contribution in [0.3, 0.4) is 0 Å². The lowest BCUT2D eigenvalue weighted by atomic mass is 10.0. The van der Waals surface area contributed by atoms with Crippen LogP contribution in [0.5, 0.6) is 0 Å². The van der Waals surface area contributed by atoms with Gasteiger partial charge in [0.2, 0.25) is 0 Å². The molecule has 0 saturated carbocycles. The van der Waals surface area contributed by atoms with Gasteiger partial charge in [-0.15, -0.1) is 0 Å². The van der Waals surface area contributed by atoms with Gasteiger partial charge in [0.15, 0.2) is 5.13 Å². The van der Waals surface area contributed by atoms with Crippen LogP contribution in [0.4, 0.5) is 9.93 Å². The van der Waals surface area contributed by atoms with Crippen molar-refractivity contribution < 1.29 is 9.53 Å². The highest BCUT2D eigenvalue weighted by molar-refractivity contribution is 7.19. The second-order valence-electron chi connectivity index (χ2n) is 6.44. The number of fused-ring (bicyclic) bond motifs is 3. The second-order valence-corrected chi connectivity index (χ2v) is 7.44. The number of aryl methyl sites for hydroxylation is 3. The standard InChI is InChI=1S/C19H21N5O2S/c1-4-24-16-13(15(23-24)12-9-8-11(2)20-10-12)6-5-7-14-17(16)27-18(21-14)22-19(25)26-3/h8-10H,4-7H2,1-3H3,(H,21,22,25). The summed E-state index contributed by atoms with van der Waals surface area (Å²) in [6.45, 7) is 4.83. The predicted molar refractivity (Wildman–Crippen MR) is 105 cm³/mol. The van der Waals surface area contributed by atoms with Gasteiger partial charge in [-0.25, -0.2) is 9.78 Å². The zero-order valence-corrected chi connectivity index (χ0v) is 16.4. The molecular weight excluding hydrogens is 362 g/mol. The first-order valence-corrected chi connectivity index (χ1v) is 9.80. The number of methoxy groups -OCH3 is 1. The Morgan fingerprint density at radius 3 is 2.93 bits per heavy atom. The number of thiazole rings is 1. The van der Waals surface area contributed by atoms with Gasteiger partial charge in [0, 0.05) is 29.6 Å². The lowest BCUT2D eigenvalue weighted by molar-refractivity contribution is 0.187. The summed E-state index contributed by atoms with van der Waals surface area (Å²) in [5.41, 5.74) is 6.36. The van der Waals surface area contributed by atoms with Crippen LogP contribution in [0.2, 0.25) is 0 Å². The van der Waals surface area contributed by atoms with Crippen molar-refractivity contribution in [2.75, 3.05) is 12.4 Å². The largest absolute Gasteiger partial charge is 0.453 e. The van der Waals surface area contributed by atoms with Crippen molar-refractivity contribution in [1.29, 1.82) is 0 Å². The van der Waals surface area contributed by atoms with E-state index in [1.807, 2.05) is 23.9 Å². The molecule has 7 nitrogen and oxygen atoms in total. The van der Waals surface area contributed by atoms with Crippen LogP contribution in [0, 0.1) is 6.92 Å². The maximum absolute atomic E-state index is 11.6. The smallest absolute Gasteiger partial charge is 0.413 e. The highest BCUT2D eigenvalue weighted by atomic mass is 32.1. The number of hydrogen-bond donors (Lipinski definition) is 1. The molecular formula is C19H21N5O2S. The average Bonchev–Trinajstić information content (AvgIpc) is 3.18. The first kappa shape index (κ1) is 17.7. The fourth-order valence-electron chi connectivity index (χ4n) is 3.39. The number of carbonyl (C=O) groups excluding carboxylic acids is 1. The van der Waals surface area contributed by atoms with E-state index in [-0.39, 0.29) is 0 Å². The number of anilines is 1. The first-order chi connectivity index (χ1) is 13.1. The van der Waals surface area contributed by atoms with Gasteiger partial charge in [0.25, 0.3) is 0 Å². The lowest BCUT2D eigenvalue weighted by Gasteiger charge is -2.04. The number of amides is 1. The molecule has 0 spiro atoms. The minimum Gasteiger partial charge on any atom is -0.453 e. The third kappa shape index (κ3) is 3.21. The molecule has 3 heterocycles. The molecule has 0 radical (unpaired) electrons. The SMILES string of the molecule is CCn1nc(-c2ccc(C)nc2)c2c1-c1sc(NC(=O)OC)nc1CCC2. The predicted octanol–water partition coefficient (Wildman–Crippen LogP) is 4.06. The van der Waals surface area contributed by atoms with Gasteiger partial charge in [0.1, 0.15) is 0 Å². The summed E-state index contributed by atoms with van der Waals surface area (Å²) < 4.78 is 6.73. The van der Waals surface area contributed by atoms with Crippen LogP contribution >= 0.6 is 11.3 Å². The number of aromatic nitrogens is 4. The molecule has 0 fully saturated rings. The molecule has 1 aliphatic carbocycles. The van der Waals surface area contributed by atoms with Gasteiger partial charge < -0.3 is 4.74 Å². The maximum Gasteiger partial charge on any atom is 0.413 e. The van der Waals surface area contributed by atoms with E-state index in [0.717, 1.165) is 59.0 Å². The summed E-state index contributed by atoms with van der Waals surface area (Å²) in [5, 5.41) is 8.13. The van der Waals surface area contributed by atoms with Gasteiger partial charge in [0.05, 0.1) is 29.1 Å². The minimum absolute atomic E-state index is 0.505. The number of hydrogen-bond acceptors (Lipinski definition) is 6. The Morgan fingerprint density at radius 2 is 2.22 bits per heavy atom. The fourth-order valence-corrected chi connectivity index (χ4v) is 4.46. The number of nitrogens with zero attached hydrogens (tertiary/aromatic N) is 4. The van der Waals surface area contributed by atoms with Gasteiger partial charge in [-0.05, 0) is 45.2 Å². The van der Waals surface area contributed by atoms with Crippen LogP contribution in [0.1, 0.15) is 30.3 Å². The van der Waals surface area contributed by atoms with E-state index >= 15 is 0 Å². The van der Waals surface area contributed by atoms with Crippen molar-refractivity contribution in [3.05, 3.63) is 35.3 Å². The zero-order valence-electron chi connectivity index (χ0n) is 15.6. The zero-order chi connectivity index (χ0) is 19.0. The molecule has 3 aromatic heterocycles. The monoisotopic (exact) mass is 383 g/mol. The molecule has 1 amide bonds. The van der Waals surface area contributed by atoms with Crippen LogP contribution in [-0.2, 0) is 24.1 Å². The minimum atomic E-state index is -0.505. The van der Waals surface area contributed by atoms with Crippen LogP contribution in [0.25, 0.3) is 21.8 Å². The molecule has 0 unspecified atom stereocenters. The second kappa shape index (κ2) is 7.11. The summed E-state index contributed by atoms with van der Waals surface area (Å²) in [6, 6.07) is 4.09. The van der Waals surface area contributed by atoms with E-state index in [1.54, 1.807) is 0 Å². The van der Waals surface area contributed by atoms with Crippen LogP contribution in [0.15, 0.2) is 18.3 Å². The Kier molecular flexibility index (Phi) is 4.65. The normalized spacial score (nSPS) is 12.9. The number of ether oxygens (including phenoxy) is 1. The Bertz CT molecular complexity index is 990. The molecule has 1 N–H and O–H groups in total. The van der Waals surface area contributed by atoms with Crippen molar-refractivity contribution >= 4 is 22.6 Å². The third-order valence-electron chi connectivity index (χ3n) is 4.68. The van der Waals surface area contributed by atoms with Gasteiger partial charge in [-0.1, -0.05) is 11.3 Å². The Morgan fingerprint density at radius 1 is 1.37 bits per heavy atom. The molecule has 1 aliphatic rings. The summed E-state index contributed by atoms with van der Waals surface area (Å²) in [7, 11) is 1.35. The van der Waals surface area contributed by atoms with Gasteiger partial charge in [-0.2, -0.15) is 5.10 Å². The van der Waals surface area contributed by atoms with Gasteiger partial charge in [-0.3, -0.25) is 15.0 Å². The topological polar surface area (TPSA) is 81.9 Å². The molecule has 0 saturated heterocycles. The highest BCUT2D eigenvalue weighted by Gasteiger charge is 2.27. The number of nitrogens with one attached hydrogen (secondary N) is 1. The summed E-state index contributed by atoms with van der Waals surface area (Å²) in [4.78, 5) is 21.7.